The summed E-state index contributed by atoms with van der Waals surface area (Å²) >= 11 is 0. The molecule has 0 aromatic heterocycles. The maximum atomic E-state index is 10.7. The van der Waals surface area contributed by atoms with Crippen LogP contribution in [0.4, 0.5) is 0 Å². The molecule has 1 N–H and O–H groups in total. The van der Waals surface area contributed by atoms with E-state index < -0.39 is 5.97 Å². The summed E-state index contributed by atoms with van der Waals surface area (Å²) < 4.78 is 0. The highest BCUT2D eigenvalue weighted by Crippen LogP contribution is 2.60. The van der Waals surface area contributed by atoms with E-state index in [4.69, 9.17) is 5.11 Å². The van der Waals surface area contributed by atoms with Crippen LogP contribution in [0, 0.1) is 17.3 Å². The number of carboxylic acid groups (broad SMARTS) is 1. The molecular formula is C15H22O2. The minimum Gasteiger partial charge on any atom is -0.478 e. The molecule has 0 unspecified atom stereocenters. The second kappa shape index (κ2) is 4.32. The molecule has 2 aliphatic carbocycles. The Morgan fingerprint density at radius 1 is 1.59 bits per heavy atom. The van der Waals surface area contributed by atoms with Crippen LogP contribution in [0.25, 0.3) is 0 Å². The van der Waals surface area contributed by atoms with Crippen molar-refractivity contribution in [3.63, 3.8) is 0 Å². The minimum atomic E-state index is -0.804. The van der Waals surface area contributed by atoms with Crippen LogP contribution in [0.1, 0.15) is 46.0 Å². The summed E-state index contributed by atoms with van der Waals surface area (Å²) in [7, 11) is 0. The van der Waals surface area contributed by atoms with Gasteiger partial charge in [0.25, 0.3) is 0 Å². The Balaban J connectivity index is 1.97. The van der Waals surface area contributed by atoms with E-state index in [0.29, 0.717) is 5.57 Å². The van der Waals surface area contributed by atoms with Crippen LogP contribution in [0.5, 0.6) is 0 Å². The van der Waals surface area contributed by atoms with Crippen molar-refractivity contribution < 1.29 is 9.90 Å². The fraction of sp³-hybridized carbons (Fsp3) is 0.667. The molecule has 2 heteroatoms. The Hall–Kier alpha value is -1.05. The van der Waals surface area contributed by atoms with E-state index in [-0.39, 0.29) is 5.41 Å². The molecule has 0 aromatic carbocycles. The lowest BCUT2D eigenvalue weighted by molar-refractivity contribution is -0.132. The van der Waals surface area contributed by atoms with Crippen LogP contribution < -0.4 is 0 Å². The molecule has 0 radical (unpaired) electrons. The number of hydrogen-bond acceptors (Lipinski definition) is 1. The van der Waals surface area contributed by atoms with Crippen LogP contribution >= 0.6 is 0 Å². The molecule has 94 valence electrons. The Bertz CT molecular complexity index is 380. The van der Waals surface area contributed by atoms with Crippen molar-refractivity contribution >= 4 is 5.97 Å². The van der Waals surface area contributed by atoms with Crippen LogP contribution in [0.3, 0.4) is 0 Å². The molecule has 2 bridgehead atoms. The lowest BCUT2D eigenvalue weighted by Crippen LogP contribution is -2.26. The first kappa shape index (κ1) is 12.4. The first-order valence-electron chi connectivity index (χ1n) is 6.54. The maximum Gasteiger partial charge on any atom is 0.330 e. The Morgan fingerprint density at radius 2 is 2.29 bits per heavy atom. The quantitative estimate of drug-likeness (QED) is 0.593. The Labute approximate surface area is 103 Å². The van der Waals surface area contributed by atoms with E-state index in [2.05, 4.69) is 13.5 Å². The highest BCUT2D eigenvalue weighted by molar-refractivity contribution is 5.85. The minimum absolute atomic E-state index is 0.262. The molecule has 0 aliphatic heterocycles. The van der Waals surface area contributed by atoms with Gasteiger partial charge in [-0.15, -0.1) is 0 Å². The fourth-order valence-corrected chi connectivity index (χ4v) is 3.65. The summed E-state index contributed by atoms with van der Waals surface area (Å²) in [6.07, 6.45) is 7.74. The molecule has 2 fully saturated rings. The van der Waals surface area contributed by atoms with Gasteiger partial charge in [-0.2, -0.15) is 0 Å². The summed E-state index contributed by atoms with van der Waals surface area (Å²) in [4.78, 5) is 10.7. The SMILES string of the molecule is C=C1[C@@H]2CC[C@@H](C2)[C@@]1(C)CC/C=C(/C)C(=O)O. The second-order valence-corrected chi connectivity index (χ2v) is 5.88. The van der Waals surface area contributed by atoms with Crippen molar-refractivity contribution in [3.8, 4) is 0 Å². The molecule has 0 amide bonds. The zero-order valence-electron chi connectivity index (χ0n) is 10.8. The van der Waals surface area contributed by atoms with Gasteiger partial charge < -0.3 is 5.11 Å². The van der Waals surface area contributed by atoms with Gasteiger partial charge in [0.2, 0.25) is 0 Å². The van der Waals surface area contributed by atoms with Gasteiger partial charge in [-0.25, -0.2) is 4.79 Å². The average Bonchev–Trinajstić information content (AvgIpc) is 2.83. The summed E-state index contributed by atoms with van der Waals surface area (Å²) in [5, 5.41) is 8.81. The zero-order chi connectivity index (χ0) is 12.6. The van der Waals surface area contributed by atoms with Gasteiger partial charge in [0.15, 0.2) is 0 Å². The summed E-state index contributed by atoms with van der Waals surface area (Å²) in [5.41, 5.74) is 2.15. The highest BCUT2D eigenvalue weighted by Gasteiger charge is 2.49. The molecule has 2 nitrogen and oxygen atoms in total. The first-order chi connectivity index (χ1) is 7.95. The molecular weight excluding hydrogens is 212 g/mol. The van der Waals surface area contributed by atoms with Gasteiger partial charge in [0.1, 0.15) is 0 Å². The van der Waals surface area contributed by atoms with E-state index in [1.165, 1.54) is 24.8 Å². The molecule has 17 heavy (non-hydrogen) atoms. The smallest absolute Gasteiger partial charge is 0.330 e. The molecule has 3 atom stereocenters. The third-order valence-electron chi connectivity index (χ3n) is 5.01. The summed E-state index contributed by atoms with van der Waals surface area (Å²) in [6.45, 7) is 8.28. The van der Waals surface area contributed by atoms with Crippen molar-refractivity contribution in [2.45, 2.75) is 46.0 Å². The van der Waals surface area contributed by atoms with Gasteiger partial charge in [0, 0.05) is 5.57 Å². The van der Waals surface area contributed by atoms with Crippen molar-refractivity contribution in [2.75, 3.05) is 0 Å². The molecule has 0 spiro atoms. The van der Waals surface area contributed by atoms with Crippen molar-refractivity contribution in [3.05, 3.63) is 23.8 Å². The van der Waals surface area contributed by atoms with Gasteiger partial charge in [-0.3, -0.25) is 0 Å². The average molecular weight is 234 g/mol. The summed E-state index contributed by atoms with van der Waals surface area (Å²) in [6, 6.07) is 0. The molecule has 0 saturated heterocycles. The fourth-order valence-electron chi connectivity index (χ4n) is 3.65. The lowest BCUT2D eigenvalue weighted by atomic mass is 9.69. The maximum absolute atomic E-state index is 10.7. The zero-order valence-corrected chi connectivity index (χ0v) is 10.8. The standard InChI is InChI=1S/C15H22O2/c1-10(14(16)17)5-4-8-15(3)11(2)12-6-7-13(15)9-12/h5,12-13H,2,4,6-9H2,1,3H3,(H,16,17)/b10-5-/t12-,13+,15+/m1/s1. The third kappa shape index (κ3) is 2.05. The van der Waals surface area contributed by atoms with E-state index in [1.807, 2.05) is 6.08 Å². The largest absolute Gasteiger partial charge is 0.478 e. The summed E-state index contributed by atoms with van der Waals surface area (Å²) in [5.74, 6) is 0.731. The number of hydrogen-bond donors (Lipinski definition) is 1. The van der Waals surface area contributed by atoms with Gasteiger partial charge in [0.05, 0.1) is 0 Å². The van der Waals surface area contributed by atoms with Gasteiger partial charge in [-0.05, 0) is 56.3 Å². The Morgan fingerprint density at radius 3 is 2.82 bits per heavy atom. The molecule has 2 rings (SSSR count). The molecule has 0 aromatic rings. The molecule has 2 saturated carbocycles. The number of carbonyl (C=O) groups is 1. The van der Waals surface area contributed by atoms with Crippen LogP contribution in [0.15, 0.2) is 23.8 Å². The number of fused-ring (bicyclic) bond motifs is 2. The number of carboxylic acids is 1. The monoisotopic (exact) mass is 234 g/mol. The number of allylic oxidation sites excluding steroid dienone is 2. The normalized spacial score (nSPS) is 36.6. The first-order valence-corrected chi connectivity index (χ1v) is 6.54. The number of aliphatic carboxylic acids is 1. The van der Waals surface area contributed by atoms with E-state index in [9.17, 15) is 4.79 Å². The molecule has 0 heterocycles. The topological polar surface area (TPSA) is 37.3 Å². The van der Waals surface area contributed by atoms with Gasteiger partial charge >= 0.3 is 5.97 Å². The van der Waals surface area contributed by atoms with E-state index in [1.54, 1.807) is 6.92 Å². The number of rotatable bonds is 4. The lowest BCUT2D eigenvalue weighted by Gasteiger charge is -2.36. The van der Waals surface area contributed by atoms with Crippen molar-refractivity contribution in [1.82, 2.24) is 0 Å². The third-order valence-corrected chi connectivity index (χ3v) is 5.01. The van der Waals surface area contributed by atoms with E-state index >= 15 is 0 Å². The predicted molar refractivity (Wildman–Crippen MR) is 68.7 cm³/mol. The van der Waals surface area contributed by atoms with Crippen LogP contribution in [0.2, 0.25) is 0 Å². The highest BCUT2D eigenvalue weighted by atomic mass is 16.4. The Kier molecular flexibility index (Phi) is 3.15. The van der Waals surface area contributed by atoms with Crippen LogP contribution in [-0.2, 0) is 4.79 Å². The second-order valence-electron chi connectivity index (χ2n) is 5.88. The van der Waals surface area contributed by atoms with Crippen molar-refractivity contribution in [2.24, 2.45) is 17.3 Å². The van der Waals surface area contributed by atoms with Crippen molar-refractivity contribution in [1.29, 1.82) is 0 Å². The van der Waals surface area contributed by atoms with E-state index in [0.717, 1.165) is 24.7 Å². The molecule has 2 aliphatic rings. The van der Waals surface area contributed by atoms with Crippen LogP contribution in [-0.4, -0.2) is 11.1 Å². The predicted octanol–water partition coefficient (Wildman–Crippen LogP) is 3.79. The van der Waals surface area contributed by atoms with Gasteiger partial charge in [-0.1, -0.05) is 25.2 Å².